The first kappa shape index (κ1) is 14.2. The molecule has 1 aromatic rings. The van der Waals surface area contributed by atoms with Crippen LogP contribution in [-0.2, 0) is 11.3 Å². The number of hydrazine groups is 1. The van der Waals surface area contributed by atoms with E-state index in [9.17, 15) is 9.59 Å². The first-order chi connectivity index (χ1) is 9.66. The second-order valence-electron chi connectivity index (χ2n) is 4.71. The minimum absolute atomic E-state index is 0.179. The van der Waals surface area contributed by atoms with Gasteiger partial charge >= 0.3 is 12.1 Å². The van der Waals surface area contributed by atoms with Crippen LogP contribution in [0.3, 0.4) is 0 Å². The molecule has 0 aromatic heterocycles. The molecule has 0 aliphatic carbocycles. The van der Waals surface area contributed by atoms with E-state index in [-0.39, 0.29) is 12.6 Å². The Hall–Kier alpha value is -2.24. The van der Waals surface area contributed by atoms with Crippen LogP contribution in [0, 0.1) is 0 Å². The van der Waals surface area contributed by atoms with Gasteiger partial charge in [-0.3, -0.25) is 0 Å². The molecule has 1 aromatic carbocycles. The summed E-state index contributed by atoms with van der Waals surface area (Å²) in [5, 5.41) is 1.17. The molecule has 20 heavy (non-hydrogen) atoms. The fourth-order valence-corrected chi connectivity index (χ4v) is 2.06. The maximum atomic E-state index is 11.9. The summed E-state index contributed by atoms with van der Waals surface area (Å²) < 4.78 is 5.05. The predicted molar refractivity (Wildman–Crippen MR) is 73.7 cm³/mol. The maximum absolute atomic E-state index is 11.9. The van der Waals surface area contributed by atoms with Crippen molar-refractivity contribution in [3.8, 4) is 0 Å². The second-order valence-corrected chi connectivity index (χ2v) is 4.71. The van der Waals surface area contributed by atoms with E-state index in [2.05, 4.69) is 5.43 Å². The predicted octanol–water partition coefficient (Wildman–Crippen LogP) is 1.98. The molecule has 108 valence electrons. The summed E-state index contributed by atoms with van der Waals surface area (Å²) in [5.74, 6) is 0. The third-order valence-electron chi connectivity index (χ3n) is 3.14. The lowest BCUT2D eigenvalue weighted by Gasteiger charge is -2.24. The minimum atomic E-state index is -0.635. The molecule has 1 heterocycles. The third kappa shape index (κ3) is 3.88. The van der Waals surface area contributed by atoms with E-state index in [0.29, 0.717) is 0 Å². The standard InChI is InChI=1S/C14H19N3O3/c1-16(14(19)17-9-5-6-10-17)15-13(18)20-11-12-7-3-2-4-8-12/h2-4,7-8H,5-6,9-11H2,1H3,(H,15,18). The van der Waals surface area contributed by atoms with Gasteiger partial charge in [-0.1, -0.05) is 30.3 Å². The third-order valence-corrected chi connectivity index (χ3v) is 3.14. The number of urea groups is 1. The van der Waals surface area contributed by atoms with Gasteiger partial charge < -0.3 is 9.64 Å². The van der Waals surface area contributed by atoms with Crippen molar-refractivity contribution in [2.75, 3.05) is 20.1 Å². The van der Waals surface area contributed by atoms with Crippen molar-refractivity contribution in [3.05, 3.63) is 35.9 Å². The van der Waals surface area contributed by atoms with Gasteiger partial charge in [0.25, 0.3) is 0 Å². The number of ether oxygens (including phenoxy) is 1. The number of carbonyl (C=O) groups excluding carboxylic acids is 2. The zero-order valence-electron chi connectivity index (χ0n) is 11.5. The van der Waals surface area contributed by atoms with Crippen molar-refractivity contribution in [1.82, 2.24) is 15.3 Å². The lowest BCUT2D eigenvalue weighted by atomic mass is 10.2. The van der Waals surface area contributed by atoms with Gasteiger partial charge in [0.1, 0.15) is 6.61 Å². The van der Waals surface area contributed by atoms with E-state index in [1.807, 2.05) is 30.3 Å². The number of rotatable bonds is 2. The zero-order chi connectivity index (χ0) is 14.4. The molecular formula is C14H19N3O3. The molecule has 6 heteroatoms. The molecule has 3 amide bonds. The van der Waals surface area contributed by atoms with Crippen LogP contribution in [0.5, 0.6) is 0 Å². The molecule has 1 aliphatic rings. The molecule has 0 radical (unpaired) electrons. The highest BCUT2D eigenvalue weighted by molar-refractivity contribution is 5.77. The molecule has 0 spiro atoms. The molecule has 1 N–H and O–H groups in total. The molecule has 2 rings (SSSR count). The summed E-state index contributed by atoms with van der Waals surface area (Å²) in [5.41, 5.74) is 3.31. The fraction of sp³-hybridized carbons (Fsp3) is 0.429. The van der Waals surface area contributed by atoms with Crippen molar-refractivity contribution in [3.63, 3.8) is 0 Å². The van der Waals surface area contributed by atoms with Crippen molar-refractivity contribution >= 4 is 12.1 Å². The van der Waals surface area contributed by atoms with Crippen LogP contribution < -0.4 is 5.43 Å². The zero-order valence-corrected chi connectivity index (χ0v) is 11.5. The summed E-state index contributed by atoms with van der Waals surface area (Å²) in [4.78, 5) is 25.2. The highest BCUT2D eigenvalue weighted by Gasteiger charge is 2.22. The molecule has 6 nitrogen and oxygen atoms in total. The Morgan fingerprint density at radius 1 is 1.25 bits per heavy atom. The van der Waals surface area contributed by atoms with Crippen LogP contribution in [0.4, 0.5) is 9.59 Å². The van der Waals surface area contributed by atoms with E-state index < -0.39 is 6.09 Å². The number of likely N-dealkylation sites (tertiary alicyclic amines) is 1. The second kappa shape index (κ2) is 6.79. The Kier molecular flexibility index (Phi) is 4.81. The van der Waals surface area contributed by atoms with Crippen molar-refractivity contribution < 1.29 is 14.3 Å². The van der Waals surface area contributed by atoms with Crippen molar-refractivity contribution in [2.45, 2.75) is 19.4 Å². The van der Waals surface area contributed by atoms with Crippen LogP contribution in [0.2, 0.25) is 0 Å². The van der Waals surface area contributed by atoms with E-state index >= 15 is 0 Å². The van der Waals surface area contributed by atoms with Crippen LogP contribution in [-0.4, -0.2) is 42.2 Å². The molecular weight excluding hydrogens is 258 g/mol. The molecule has 0 unspecified atom stereocenters. The van der Waals surface area contributed by atoms with Crippen LogP contribution >= 0.6 is 0 Å². The summed E-state index contributed by atoms with van der Waals surface area (Å²) in [7, 11) is 1.52. The monoisotopic (exact) mass is 277 g/mol. The molecule has 0 atom stereocenters. The van der Waals surface area contributed by atoms with Gasteiger partial charge in [0, 0.05) is 20.1 Å². The van der Waals surface area contributed by atoms with Gasteiger partial charge in [-0.2, -0.15) is 0 Å². The van der Waals surface area contributed by atoms with Crippen molar-refractivity contribution in [2.24, 2.45) is 0 Å². The van der Waals surface area contributed by atoms with Crippen LogP contribution in [0.1, 0.15) is 18.4 Å². The van der Waals surface area contributed by atoms with Gasteiger partial charge in [-0.05, 0) is 18.4 Å². The SMILES string of the molecule is CN(NC(=O)OCc1ccccc1)C(=O)N1CCCC1. The van der Waals surface area contributed by atoms with Crippen molar-refractivity contribution in [1.29, 1.82) is 0 Å². The van der Waals surface area contributed by atoms with Gasteiger partial charge in [0.05, 0.1) is 0 Å². The quantitative estimate of drug-likeness (QED) is 0.841. The van der Waals surface area contributed by atoms with E-state index in [4.69, 9.17) is 4.74 Å². The first-order valence-corrected chi connectivity index (χ1v) is 6.67. The van der Waals surface area contributed by atoms with Gasteiger partial charge in [0.2, 0.25) is 0 Å². The lowest BCUT2D eigenvalue weighted by molar-refractivity contribution is 0.105. The smallest absolute Gasteiger partial charge is 0.426 e. The maximum Gasteiger partial charge on any atom is 0.426 e. The van der Waals surface area contributed by atoms with Crippen LogP contribution in [0.25, 0.3) is 0 Å². The Bertz CT molecular complexity index is 458. The van der Waals surface area contributed by atoms with Crippen LogP contribution in [0.15, 0.2) is 30.3 Å². The number of nitrogens with one attached hydrogen (secondary N) is 1. The van der Waals surface area contributed by atoms with Gasteiger partial charge in [-0.25, -0.2) is 20.0 Å². The Morgan fingerprint density at radius 3 is 2.55 bits per heavy atom. The Labute approximate surface area is 118 Å². The fourth-order valence-electron chi connectivity index (χ4n) is 2.06. The summed E-state index contributed by atoms with van der Waals surface area (Å²) in [6.07, 6.45) is 1.39. The summed E-state index contributed by atoms with van der Waals surface area (Å²) >= 11 is 0. The number of benzene rings is 1. The van der Waals surface area contributed by atoms with E-state index in [0.717, 1.165) is 31.5 Å². The van der Waals surface area contributed by atoms with Gasteiger partial charge in [0.15, 0.2) is 0 Å². The number of nitrogens with zero attached hydrogens (tertiary/aromatic N) is 2. The summed E-state index contributed by atoms with van der Waals surface area (Å²) in [6, 6.07) is 9.17. The topological polar surface area (TPSA) is 61.9 Å². The average molecular weight is 277 g/mol. The number of amides is 3. The highest BCUT2D eigenvalue weighted by atomic mass is 16.6. The largest absolute Gasteiger partial charge is 0.443 e. The highest BCUT2D eigenvalue weighted by Crippen LogP contribution is 2.09. The van der Waals surface area contributed by atoms with Gasteiger partial charge in [-0.15, -0.1) is 0 Å². The molecule has 0 saturated carbocycles. The lowest BCUT2D eigenvalue weighted by Crippen LogP contribution is -2.49. The number of carbonyl (C=O) groups is 2. The first-order valence-electron chi connectivity index (χ1n) is 6.67. The Balaban J connectivity index is 1.74. The number of hydrogen-bond acceptors (Lipinski definition) is 3. The average Bonchev–Trinajstić information content (AvgIpc) is 2.99. The number of hydrogen-bond donors (Lipinski definition) is 1. The molecule has 1 aliphatic heterocycles. The minimum Gasteiger partial charge on any atom is -0.443 e. The van der Waals surface area contributed by atoms with E-state index in [1.165, 1.54) is 12.1 Å². The molecule has 1 saturated heterocycles. The Morgan fingerprint density at radius 2 is 1.90 bits per heavy atom. The molecule has 0 bridgehead atoms. The normalized spacial score (nSPS) is 13.9. The molecule has 1 fully saturated rings. The summed E-state index contributed by atoms with van der Waals surface area (Å²) in [6.45, 7) is 1.66. The van der Waals surface area contributed by atoms with E-state index in [1.54, 1.807) is 4.90 Å².